The Kier molecular flexibility index (Phi) is 9.54. The second-order valence-electron chi connectivity index (χ2n) is 9.01. The lowest BCUT2D eigenvalue weighted by Crippen LogP contribution is -2.45. The molecule has 0 aromatic carbocycles. The van der Waals surface area contributed by atoms with E-state index < -0.39 is 17.4 Å². The first-order chi connectivity index (χ1) is 12.2. The third-order valence-corrected chi connectivity index (χ3v) is 4.41. The number of urea groups is 1. The highest BCUT2D eigenvalue weighted by Crippen LogP contribution is 2.47. The van der Waals surface area contributed by atoms with Gasteiger partial charge in [-0.05, 0) is 24.2 Å². The predicted octanol–water partition coefficient (Wildman–Crippen LogP) is 3.05. The molecule has 1 unspecified atom stereocenters. The van der Waals surface area contributed by atoms with Crippen molar-refractivity contribution >= 4 is 18.0 Å². The van der Waals surface area contributed by atoms with Gasteiger partial charge in [0.15, 0.2) is 0 Å². The summed E-state index contributed by atoms with van der Waals surface area (Å²) in [4.78, 5) is 35.2. The highest BCUT2D eigenvalue weighted by Gasteiger charge is 2.47. The van der Waals surface area contributed by atoms with Crippen LogP contribution >= 0.6 is 0 Å². The normalized spacial score (nSPS) is 13.9. The van der Waals surface area contributed by atoms with Crippen molar-refractivity contribution in [2.24, 2.45) is 16.2 Å². The first kappa shape index (κ1) is 24.9. The van der Waals surface area contributed by atoms with E-state index in [4.69, 9.17) is 9.47 Å². The highest BCUT2D eigenvalue weighted by molar-refractivity contribution is 5.81. The maximum atomic E-state index is 12.7. The van der Waals surface area contributed by atoms with E-state index in [1.807, 2.05) is 27.7 Å². The molecular formula is C20H36N2O5. The van der Waals surface area contributed by atoms with Crippen LogP contribution in [0, 0.1) is 16.2 Å². The summed E-state index contributed by atoms with van der Waals surface area (Å²) in [7, 11) is 0. The lowest BCUT2D eigenvalue weighted by Gasteiger charge is -2.43. The molecule has 7 heteroatoms. The molecule has 0 aromatic heterocycles. The average Bonchev–Trinajstić information content (AvgIpc) is 2.52. The molecule has 0 saturated heterocycles. The maximum Gasteiger partial charge on any atom is 0.330 e. The minimum Gasteiger partial charge on any atom is -0.463 e. The van der Waals surface area contributed by atoms with Gasteiger partial charge in [0.1, 0.15) is 13.2 Å². The minimum absolute atomic E-state index is 0.0196. The predicted molar refractivity (Wildman–Crippen MR) is 105 cm³/mol. The molecule has 0 rings (SSSR count). The first-order valence-corrected chi connectivity index (χ1v) is 9.21. The standard InChI is InChI=1S/C20H36N2O5/c1-9-15(23)26-12-10-21-17(25)22-11-13-27-16(24)20(8,19(5,6)7)14-18(2,3)4/h9H,1,10-14H2,2-8H3,(H2,21,22,25). The quantitative estimate of drug-likeness (QED) is 0.362. The third kappa shape index (κ3) is 9.45. The van der Waals surface area contributed by atoms with Crippen molar-refractivity contribution in [1.82, 2.24) is 10.6 Å². The van der Waals surface area contributed by atoms with E-state index in [9.17, 15) is 14.4 Å². The van der Waals surface area contributed by atoms with Gasteiger partial charge in [0.25, 0.3) is 0 Å². The highest BCUT2D eigenvalue weighted by atomic mass is 16.5. The fraction of sp³-hybridized carbons (Fsp3) is 0.750. The van der Waals surface area contributed by atoms with Gasteiger partial charge in [-0.2, -0.15) is 0 Å². The molecule has 0 aliphatic carbocycles. The number of hydrogen-bond donors (Lipinski definition) is 2. The molecular weight excluding hydrogens is 348 g/mol. The van der Waals surface area contributed by atoms with Crippen LogP contribution in [0.15, 0.2) is 12.7 Å². The van der Waals surface area contributed by atoms with Gasteiger partial charge in [-0.1, -0.05) is 48.1 Å². The van der Waals surface area contributed by atoms with Gasteiger partial charge in [0, 0.05) is 6.08 Å². The van der Waals surface area contributed by atoms with Crippen LogP contribution in [0.1, 0.15) is 54.9 Å². The maximum absolute atomic E-state index is 12.7. The van der Waals surface area contributed by atoms with Crippen molar-refractivity contribution < 1.29 is 23.9 Å². The molecule has 0 aliphatic heterocycles. The first-order valence-electron chi connectivity index (χ1n) is 9.21. The monoisotopic (exact) mass is 384 g/mol. The molecule has 0 aliphatic rings. The van der Waals surface area contributed by atoms with Crippen molar-refractivity contribution in [1.29, 1.82) is 0 Å². The number of hydrogen-bond acceptors (Lipinski definition) is 5. The summed E-state index contributed by atoms with van der Waals surface area (Å²) in [5, 5.41) is 5.12. The lowest BCUT2D eigenvalue weighted by molar-refractivity contribution is -0.164. The Morgan fingerprint density at radius 2 is 1.37 bits per heavy atom. The van der Waals surface area contributed by atoms with Crippen LogP contribution < -0.4 is 10.6 Å². The summed E-state index contributed by atoms with van der Waals surface area (Å²) >= 11 is 0. The molecule has 0 radical (unpaired) electrons. The molecule has 0 heterocycles. The number of esters is 2. The summed E-state index contributed by atoms with van der Waals surface area (Å²) < 4.78 is 10.2. The van der Waals surface area contributed by atoms with Crippen molar-refractivity contribution in [3.05, 3.63) is 12.7 Å². The zero-order valence-corrected chi connectivity index (χ0v) is 17.9. The molecule has 0 bridgehead atoms. The van der Waals surface area contributed by atoms with Gasteiger partial charge in [-0.15, -0.1) is 0 Å². The molecule has 0 saturated carbocycles. The molecule has 0 spiro atoms. The van der Waals surface area contributed by atoms with Crippen molar-refractivity contribution in [3.63, 3.8) is 0 Å². The van der Waals surface area contributed by atoms with Crippen LogP contribution in [0.2, 0.25) is 0 Å². The minimum atomic E-state index is -0.636. The Morgan fingerprint density at radius 1 is 0.889 bits per heavy atom. The van der Waals surface area contributed by atoms with Gasteiger partial charge in [-0.3, -0.25) is 4.79 Å². The van der Waals surface area contributed by atoms with Gasteiger partial charge < -0.3 is 20.1 Å². The molecule has 156 valence electrons. The number of rotatable bonds is 9. The molecule has 0 fully saturated rings. The van der Waals surface area contributed by atoms with Crippen LogP contribution in [-0.4, -0.2) is 44.3 Å². The zero-order chi connectivity index (χ0) is 21.3. The van der Waals surface area contributed by atoms with E-state index in [0.29, 0.717) is 6.42 Å². The Hall–Kier alpha value is -2.05. The van der Waals surface area contributed by atoms with Crippen LogP contribution in [0.25, 0.3) is 0 Å². The van der Waals surface area contributed by atoms with Crippen molar-refractivity contribution in [3.8, 4) is 0 Å². The van der Waals surface area contributed by atoms with Crippen molar-refractivity contribution in [2.45, 2.75) is 54.9 Å². The Morgan fingerprint density at radius 3 is 1.78 bits per heavy atom. The van der Waals surface area contributed by atoms with Gasteiger partial charge in [-0.25, -0.2) is 9.59 Å². The molecule has 2 N–H and O–H groups in total. The van der Waals surface area contributed by atoms with Crippen LogP contribution in [0.3, 0.4) is 0 Å². The molecule has 2 amide bonds. The number of carbonyl (C=O) groups is 3. The van der Waals surface area contributed by atoms with Crippen LogP contribution in [-0.2, 0) is 19.1 Å². The van der Waals surface area contributed by atoms with Crippen LogP contribution in [0.4, 0.5) is 4.79 Å². The van der Waals surface area contributed by atoms with E-state index >= 15 is 0 Å². The summed E-state index contributed by atoms with van der Waals surface area (Å²) in [6.07, 6.45) is 1.75. The molecule has 0 aromatic rings. The second kappa shape index (κ2) is 10.3. The van der Waals surface area contributed by atoms with Gasteiger partial charge in [0.05, 0.1) is 18.5 Å². The second-order valence-corrected chi connectivity index (χ2v) is 9.01. The SMILES string of the molecule is C=CC(=O)OCCNC(=O)NCCOC(=O)C(C)(CC(C)(C)C)C(C)(C)C. The fourth-order valence-electron chi connectivity index (χ4n) is 2.61. The number of amides is 2. The van der Waals surface area contributed by atoms with Crippen LogP contribution in [0.5, 0.6) is 0 Å². The van der Waals surface area contributed by atoms with E-state index in [0.717, 1.165) is 6.08 Å². The Balaban J connectivity index is 4.34. The third-order valence-electron chi connectivity index (χ3n) is 4.41. The topological polar surface area (TPSA) is 93.7 Å². The summed E-state index contributed by atoms with van der Waals surface area (Å²) in [6.45, 7) is 18.1. The van der Waals surface area contributed by atoms with Gasteiger partial charge in [0.2, 0.25) is 0 Å². The Labute approximate surface area is 163 Å². The van der Waals surface area contributed by atoms with Crippen molar-refractivity contribution in [2.75, 3.05) is 26.3 Å². The van der Waals surface area contributed by atoms with E-state index in [2.05, 4.69) is 38.0 Å². The molecule has 1 atom stereocenters. The zero-order valence-electron chi connectivity index (χ0n) is 17.9. The lowest BCUT2D eigenvalue weighted by atomic mass is 9.61. The number of carbonyl (C=O) groups excluding carboxylic acids is 3. The van der Waals surface area contributed by atoms with E-state index in [-0.39, 0.29) is 43.1 Å². The summed E-state index contributed by atoms with van der Waals surface area (Å²) in [6, 6.07) is -0.422. The smallest absolute Gasteiger partial charge is 0.330 e. The molecule has 7 nitrogen and oxygen atoms in total. The molecule has 27 heavy (non-hydrogen) atoms. The van der Waals surface area contributed by atoms with Gasteiger partial charge >= 0.3 is 18.0 Å². The summed E-state index contributed by atoms with van der Waals surface area (Å²) in [5.74, 6) is -0.801. The van der Waals surface area contributed by atoms with E-state index in [1.54, 1.807) is 0 Å². The summed E-state index contributed by atoms with van der Waals surface area (Å²) in [5.41, 5.74) is -0.915. The fourth-order valence-corrected chi connectivity index (χ4v) is 2.61. The number of ether oxygens (including phenoxy) is 2. The largest absolute Gasteiger partial charge is 0.463 e. The van der Waals surface area contributed by atoms with E-state index in [1.165, 1.54) is 0 Å². The average molecular weight is 385 g/mol. The number of nitrogens with one attached hydrogen (secondary N) is 2. The Bertz CT molecular complexity index is 531.